The molecule has 0 heterocycles. The number of nitrogens with two attached hydrogens (primary N) is 1. The maximum absolute atomic E-state index is 5.45. The molecule has 3 N–H and O–H groups in total. The Morgan fingerprint density at radius 2 is 1.67 bits per heavy atom. The highest BCUT2D eigenvalue weighted by Crippen LogP contribution is 2.33. The molecule has 0 amide bonds. The van der Waals surface area contributed by atoms with Crippen LogP contribution in [0.1, 0.15) is 12.0 Å². The third-order valence-electron chi connectivity index (χ3n) is 2.68. The molecule has 5 nitrogen and oxygen atoms in total. The molecule has 0 fully saturated rings. The van der Waals surface area contributed by atoms with Gasteiger partial charge in [0.05, 0.1) is 26.9 Å². The van der Waals surface area contributed by atoms with E-state index in [9.17, 15) is 0 Å². The van der Waals surface area contributed by atoms with Crippen molar-refractivity contribution in [3.8, 4) is 17.2 Å². The van der Waals surface area contributed by atoms with Gasteiger partial charge in [-0.05, 0) is 19.5 Å². The van der Waals surface area contributed by atoms with E-state index in [2.05, 4.69) is 5.32 Å². The van der Waals surface area contributed by atoms with Crippen molar-refractivity contribution in [3.63, 3.8) is 0 Å². The highest BCUT2D eigenvalue weighted by atomic mass is 16.5. The fourth-order valence-electron chi connectivity index (χ4n) is 1.69. The van der Waals surface area contributed by atoms with E-state index in [4.69, 9.17) is 19.9 Å². The fraction of sp³-hybridized carbons (Fsp3) is 0.538. The number of ether oxygens (including phenoxy) is 3. The predicted octanol–water partition coefficient (Wildman–Crippen LogP) is 1.15. The molecule has 0 aliphatic rings. The van der Waals surface area contributed by atoms with E-state index in [1.807, 2.05) is 12.1 Å². The maximum atomic E-state index is 5.45. The number of methoxy groups -OCH3 is 3. The van der Waals surface area contributed by atoms with Gasteiger partial charge in [0, 0.05) is 18.7 Å². The Morgan fingerprint density at radius 3 is 2.11 bits per heavy atom. The molecular weight excluding hydrogens is 232 g/mol. The molecule has 0 saturated heterocycles. The van der Waals surface area contributed by atoms with Crippen molar-refractivity contribution in [2.24, 2.45) is 5.73 Å². The van der Waals surface area contributed by atoms with Crippen molar-refractivity contribution in [1.29, 1.82) is 0 Å². The first-order valence-corrected chi connectivity index (χ1v) is 5.96. The van der Waals surface area contributed by atoms with Crippen LogP contribution in [-0.2, 0) is 6.54 Å². The molecule has 5 heteroatoms. The summed E-state index contributed by atoms with van der Waals surface area (Å²) in [7, 11) is 4.89. The molecule has 102 valence electrons. The Hall–Kier alpha value is -1.46. The summed E-state index contributed by atoms with van der Waals surface area (Å²) in [6, 6.07) is 3.70. The summed E-state index contributed by atoms with van der Waals surface area (Å²) in [4.78, 5) is 0. The van der Waals surface area contributed by atoms with Gasteiger partial charge in [-0.3, -0.25) is 0 Å². The number of nitrogens with one attached hydrogen (secondary N) is 1. The van der Waals surface area contributed by atoms with Crippen LogP contribution in [0.25, 0.3) is 0 Å². The second-order valence-corrected chi connectivity index (χ2v) is 3.83. The predicted molar refractivity (Wildman–Crippen MR) is 71.5 cm³/mol. The summed E-state index contributed by atoms with van der Waals surface area (Å²) in [6.07, 6.45) is 0.945. The van der Waals surface area contributed by atoms with Gasteiger partial charge in [0.15, 0.2) is 0 Å². The molecule has 0 unspecified atom stereocenters. The van der Waals surface area contributed by atoms with Crippen molar-refractivity contribution < 1.29 is 14.2 Å². The minimum absolute atomic E-state index is 0.677. The lowest BCUT2D eigenvalue weighted by Crippen LogP contribution is -2.18. The smallest absolute Gasteiger partial charge is 0.130 e. The Kier molecular flexibility index (Phi) is 6.32. The second kappa shape index (κ2) is 7.79. The highest BCUT2D eigenvalue weighted by molar-refractivity contribution is 5.50. The van der Waals surface area contributed by atoms with Gasteiger partial charge in [0.2, 0.25) is 0 Å². The monoisotopic (exact) mass is 254 g/mol. The largest absolute Gasteiger partial charge is 0.496 e. The molecular formula is C13H22N2O3. The Bertz CT molecular complexity index is 344. The van der Waals surface area contributed by atoms with Crippen molar-refractivity contribution in [3.05, 3.63) is 17.7 Å². The molecule has 0 radical (unpaired) electrons. The third kappa shape index (κ3) is 3.78. The lowest BCUT2D eigenvalue weighted by atomic mass is 10.1. The Labute approximate surface area is 108 Å². The number of hydrogen-bond acceptors (Lipinski definition) is 5. The van der Waals surface area contributed by atoms with Gasteiger partial charge in [-0.25, -0.2) is 0 Å². The minimum atomic E-state index is 0.677. The summed E-state index contributed by atoms with van der Waals surface area (Å²) < 4.78 is 15.9. The van der Waals surface area contributed by atoms with Crippen LogP contribution in [0.15, 0.2) is 12.1 Å². The van der Waals surface area contributed by atoms with E-state index in [0.29, 0.717) is 13.1 Å². The van der Waals surface area contributed by atoms with Crippen LogP contribution in [0, 0.1) is 0 Å². The summed E-state index contributed by atoms with van der Waals surface area (Å²) >= 11 is 0. The van der Waals surface area contributed by atoms with Crippen molar-refractivity contribution in [2.45, 2.75) is 13.0 Å². The van der Waals surface area contributed by atoms with Gasteiger partial charge in [-0.15, -0.1) is 0 Å². The molecule has 1 aromatic rings. The van der Waals surface area contributed by atoms with Gasteiger partial charge in [0.1, 0.15) is 17.2 Å². The zero-order valence-electron chi connectivity index (χ0n) is 11.3. The van der Waals surface area contributed by atoms with Crippen LogP contribution in [0.5, 0.6) is 17.2 Å². The van der Waals surface area contributed by atoms with Gasteiger partial charge in [-0.2, -0.15) is 0 Å². The summed E-state index contributed by atoms with van der Waals surface area (Å²) in [5.41, 5.74) is 6.44. The van der Waals surface area contributed by atoms with Crippen LogP contribution < -0.4 is 25.3 Å². The maximum Gasteiger partial charge on any atom is 0.130 e. The molecule has 0 atom stereocenters. The van der Waals surface area contributed by atoms with Gasteiger partial charge in [0.25, 0.3) is 0 Å². The van der Waals surface area contributed by atoms with E-state index in [-0.39, 0.29) is 0 Å². The number of benzene rings is 1. The molecule has 0 saturated carbocycles. The third-order valence-corrected chi connectivity index (χ3v) is 2.68. The molecule has 0 aliphatic heterocycles. The van der Waals surface area contributed by atoms with E-state index in [0.717, 1.165) is 35.8 Å². The summed E-state index contributed by atoms with van der Waals surface area (Å²) in [6.45, 7) is 2.23. The molecule has 0 aromatic heterocycles. The zero-order valence-corrected chi connectivity index (χ0v) is 11.3. The summed E-state index contributed by atoms with van der Waals surface area (Å²) in [5, 5.41) is 3.31. The standard InChI is InChI=1S/C13H22N2O3/c1-16-10-7-12(17-2)11(13(8-10)18-3)9-15-6-4-5-14/h7-8,15H,4-6,9,14H2,1-3H3. The lowest BCUT2D eigenvalue weighted by molar-refractivity contribution is 0.366. The second-order valence-electron chi connectivity index (χ2n) is 3.83. The normalized spacial score (nSPS) is 10.2. The van der Waals surface area contributed by atoms with Crippen LogP contribution in [0.3, 0.4) is 0 Å². The van der Waals surface area contributed by atoms with Crippen LogP contribution >= 0.6 is 0 Å². The Balaban J connectivity index is 2.85. The van der Waals surface area contributed by atoms with E-state index < -0.39 is 0 Å². The molecule has 1 aromatic carbocycles. The van der Waals surface area contributed by atoms with Crippen molar-refractivity contribution in [2.75, 3.05) is 34.4 Å². The van der Waals surface area contributed by atoms with Gasteiger partial charge in [-0.1, -0.05) is 0 Å². The topological polar surface area (TPSA) is 65.7 Å². The zero-order chi connectivity index (χ0) is 13.4. The molecule has 0 bridgehead atoms. The average Bonchev–Trinajstić information content (AvgIpc) is 2.42. The van der Waals surface area contributed by atoms with Crippen molar-refractivity contribution in [1.82, 2.24) is 5.32 Å². The number of hydrogen-bond donors (Lipinski definition) is 2. The van der Waals surface area contributed by atoms with Crippen LogP contribution in [-0.4, -0.2) is 34.4 Å². The molecule has 1 rings (SSSR count). The molecule has 0 spiro atoms. The SMILES string of the molecule is COc1cc(OC)c(CNCCCN)c(OC)c1. The van der Waals surface area contributed by atoms with Gasteiger partial charge < -0.3 is 25.3 Å². The fourth-order valence-corrected chi connectivity index (χ4v) is 1.69. The first kappa shape index (κ1) is 14.6. The molecule has 0 aliphatic carbocycles. The number of rotatable bonds is 8. The Morgan fingerprint density at radius 1 is 1.06 bits per heavy atom. The van der Waals surface area contributed by atoms with Crippen LogP contribution in [0.2, 0.25) is 0 Å². The van der Waals surface area contributed by atoms with Gasteiger partial charge >= 0.3 is 0 Å². The van der Waals surface area contributed by atoms with E-state index in [1.165, 1.54) is 0 Å². The van der Waals surface area contributed by atoms with E-state index in [1.54, 1.807) is 21.3 Å². The van der Waals surface area contributed by atoms with E-state index >= 15 is 0 Å². The average molecular weight is 254 g/mol. The lowest BCUT2D eigenvalue weighted by Gasteiger charge is -2.15. The highest BCUT2D eigenvalue weighted by Gasteiger charge is 2.12. The summed E-state index contributed by atoms with van der Waals surface area (Å²) in [5.74, 6) is 2.23. The minimum Gasteiger partial charge on any atom is -0.496 e. The molecule has 18 heavy (non-hydrogen) atoms. The quantitative estimate of drug-likeness (QED) is 0.681. The van der Waals surface area contributed by atoms with Crippen molar-refractivity contribution >= 4 is 0 Å². The van der Waals surface area contributed by atoms with Crippen LogP contribution in [0.4, 0.5) is 0 Å². The first-order chi connectivity index (χ1) is 8.76. The first-order valence-electron chi connectivity index (χ1n) is 5.96.